The van der Waals surface area contributed by atoms with Crippen LogP contribution in [0.1, 0.15) is 50.8 Å². The summed E-state index contributed by atoms with van der Waals surface area (Å²) in [5, 5.41) is 3.23. The predicted octanol–water partition coefficient (Wildman–Crippen LogP) is 3.24. The largest absolute Gasteiger partial charge is 0.468 e. The first-order chi connectivity index (χ1) is 9.08. The molecular weight excluding hydrogens is 238 g/mol. The average Bonchev–Trinajstić information content (AvgIpc) is 2.44. The first-order valence-corrected chi connectivity index (χ1v) is 7.01. The third-order valence-corrected chi connectivity index (χ3v) is 3.35. The standard InChI is InChI=1S/C16H25NO2/c1-5-6-7-14-8-10-15(11-9-14)12(2)17-13(3)16(18)19-4/h8-13,17H,5-7H2,1-4H3/t12?,13-/m0/s1. The zero-order valence-electron chi connectivity index (χ0n) is 12.4. The molecule has 0 heterocycles. The molecule has 0 fully saturated rings. The molecular formula is C16H25NO2. The van der Waals surface area contributed by atoms with Crippen molar-refractivity contribution in [3.05, 3.63) is 35.4 Å². The van der Waals surface area contributed by atoms with Crippen LogP contribution in [0.4, 0.5) is 0 Å². The van der Waals surface area contributed by atoms with Crippen molar-refractivity contribution in [3.8, 4) is 0 Å². The number of hydrogen-bond donors (Lipinski definition) is 1. The van der Waals surface area contributed by atoms with Gasteiger partial charge in [0.05, 0.1) is 7.11 Å². The summed E-state index contributed by atoms with van der Waals surface area (Å²) in [6.45, 7) is 6.08. The number of methoxy groups -OCH3 is 1. The predicted molar refractivity (Wildman–Crippen MR) is 78.1 cm³/mol. The molecule has 1 aromatic rings. The third kappa shape index (κ3) is 5.03. The van der Waals surface area contributed by atoms with Crippen molar-refractivity contribution in [2.45, 2.75) is 52.1 Å². The first-order valence-electron chi connectivity index (χ1n) is 7.01. The van der Waals surface area contributed by atoms with Gasteiger partial charge in [-0.25, -0.2) is 0 Å². The van der Waals surface area contributed by atoms with Crippen LogP contribution in [0.15, 0.2) is 24.3 Å². The molecule has 0 aliphatic heterocycles. The molecule has 0 aliphatic rings. The fourth-order valence-corrected chi connectivity index (χ4v) is 2.07. The molecule has 0 aromatic heterocycles. The maximum atomic E-state index is 11.4. The Morgan fingerprint density at radius 1 is 1.26 bits per heavy atom. The molecule has 0 bridgehead atoms. The van der Waals surface area contributed by atoms with Crippen molar-refractivity contribution < 1.29 is 9.53 Å². The number of esters is 1. The lowest BCUT2D eigenvalue weighted by atomic mass is 10.0. The first kappa shape index (κ1) is 15.7. The van der Waals surface area contributed by atoms with E-state index in [1.165, 1.54) is 31.1 Å². The average molecular weight is 263 g/mol. The van der Waals surface area contributed by atoms with Crippen LogP contribution in [0.25, 0.3) is 0 Å². The SMILES string of the molecule is CCCCc1ccc(C(C)N[C@@H](C)C(=O)OC)cc1. The third-order valence-electron chi connectivity index (χ3n) is 3.35. The lowest BCUT2D eigenvalue weighted by molar-refractivity contribution is -0.142. The quantitative estimate of drug-likeness (QED) is 0.767. The minimum absolute atomic E-state index is 0.134. The number of unbranched alkanes of at least 4 members (excludes halogenated alkanes) is 1. The van der Waals surface area contributed by atoms with Crippen LogP contribution in [0.3, 0.4) is 0 Å². The Morgan fingerprint density at radius 2 is 1.89 bits per heavy atom. The fraction of sp³-hybridized carbons (Fsp3) is 0.562. The van der Waals surface area contributed by atoms with E-state index >= 15 is 0 Å². The number of hydrogen-bond acceptors (Lipinski definition) is 3. The van der Waals surface area contributed by atoms with Crippen molar-refractivity contribution in [1.82, 2.24) is 5.32 Å². The second kappa shape index (κ2) is 7.95. The summed E-state index contributed by atoms with van der Waals surface area (Å²) < 4.78 is 4.71. The Kier molecular flexibility index (Phi) is 6.57. The maximum Gasteiger partial charge on any atom is 0.322 e. The molecule has 1 N–H and O–H groups in total. The second-order valence-corrected chi connectivity index (χ2v) is 4.98. The molecule has 0 amide bonds. The molecule has 0 radical (unpaired) electrons. The molecule has 19 heavy (non-hydrogen) atoms. The highest BCUT2D eigenvalue weighted by Gasteiger charge is 2.16. The van der Waals surface area contributed by atoms with Gasteiger partial charge in [-0.15, -0.1) is 0 Å². The molecule has 0 saturated carbocycles. The summed E-state index contributed by atoms with van der Waals surface area (Å²) in [5.41, 5.74) is 2.56. The lowest BCUT2D eigenvalue weighted by Gasteiger charge is -2.18. The highest BCUT2D eigenvalue weighted by Crippen LogP contribution is 2.15. The van der Waals surface area contributed by atoms with Gasteiger partial charge in [0.15, 0.2) is 0 Å². The second-order valence-electron chi connectivity index (χ2n) is 4.98. The van der Waals surface area contributed by atoms with Crippen LogP contribution in [0.2, 0.25) is 0 Å². The molecule has 106 valence electrons. The highest BCUT2D eigenvalue weighted by atomic mass is 16.5. The molecule has 2 atom stereocenters. The highest BCUT2D eigenvalue weighted by molar-refractivity contribution is 5.75. The summed E-state index contributed by atoms with van der Waals surface area (Å²) >= 11 is 0. The van der Waals surface area contributed by atoms with Crippen molar-refractivity contribution in [2.75, 3.05) is 7.11 Å². The molecule has 1 aromatic carbocycles. The molecule has 1 rings (SSSR count). The van der Waals surface area contributed by atoms with Gasteiger partial charge in [-0.1, -0.05) is 37.6 Å². The van der Waals surface area contributed by atoms with E-state index in [0.29, 0.717) is 0 Å². The van der Waals surface area contributed by atoms with E-state index < -0.39 is 0 Å². The molecule has 0 spiro atoms. The zero-order chi connectivity index (χ0) is 14.3. The molecule has 3 nitrogen and oxygen atoms in total. The van der Waals surface area contributed by atoms with Crippen LogP contribution in [-0.4, -0.2) is 19.1 Å². The van der Waals surface area contributed by atoms with Gasteiger partial charge in [0.2, 0.25) is 0 Å². The van der Waals surface area contributed by atoms with E-state index in [4.69, 9.17) is 4.74 Å². The molecule has 0 aliphatic carbocycles. The monoisotopic (exact) mass is 263 g/mol. The van der Waals surface area contributed by atoms with Gasteiger partial charge in [-0.3, -0.25) is 10.1 Å². The number of benzene rings is 1. The van der Waals surface area contributed by atoms with E-state index in [1.54, 1.807) is 0 Å². The fourth-order valence-electron chi connectivity index (χ4n) is 2.07. The summed E-state index contributed by atoms with van der Waals surface area (Å²) in [7, 11) is 1.41. The normalized spacial score (nSPS) is 13.9. The minimum atomic E-state index is -0.292. The molecule has 0 saturated heterocycles. The summed E-state index contributed by atoms with van der Waals surface area (Å²) in [6.07, 6.45) is 3.58. The zero-order valence-corrected chi connectivity index (χ0v) is 12.4. The van der Waals surface area contributed by atoms with Gasteiger partial charge in [0, 0.05) is 6.04 Å². The summed E-state index contributed by atoms with van der Waals surface area (Å²) in [4.78, 5) is 11.4. The Labute approximate surface area is 116 Å². The van der Waals surface area contributed by atoms with Crippen molar-refractivity contribution in [2.24, 2.45) is 0 Å². The number of carbonyl (C=O) groups excluding carboxylic acids is 1. The van der Waals surface area contributed by atoms with Gasteiger partial charge in [0.1, 0.15) is 6.04 Å². The maximum absolute atomic E-state index is 11.4. The summed E-state index contributed by atoms with van der Waals surface area (Å²) in [5.74, 6) is -0.230. The molecule has 3 heteroatoms. The number of ether oxygens (including phenoxy) is 1. The van der Waals surface area contributed by atoms with E-state index in [-0.39, 0.29) is 18.1 Å². The number of carbonyl (C=O) groups is 1. The van der Waals surface area contributed by atoms with E-state index in [1.807, 2.05) is 6.92 Å². The Morgan fingerprint density at radius 3 is 2.42 bits per heavy atom. The number of rotatable bonds is 7. The van der Waals surface area contributed by atoms with Gasteiger partial charge in [-0.2, -0.15) is 0 Å². The van der Waals surface area contributed by atoms with Crippen LogP contribution in [0.5, 0.6) is 0 Å². The number of aryl methyl sites for hydroxylation is 1. The van der Waals surface area contributed by atoms with E-state index in [0.717, 1.165) is 6.42 Å². The van der Waals surface area contributed by atoms with E-state index in [2.05, 4.69) is 43.4 Å². The van der Waals surface area contributed by atoms with Crippen molar-refractivity contribution in [1.29, 1.82) is 0 Å². The Bertz CT molecular complexity index is 386. The topological polar surface area (TPSA) is 38.3 Å². The van der Waals surface area contributed by atoms with Gasteiger partial charge >= 0.3 is 5.97 Å². The number of nitrogens with one attached hydrogen (secondary N) is 1. The van der Waals surface area contributed by atoms with Crippen LogP contribution < -0.4 is 5.32 Å². The minimum Gasteiger partial charge on any atom is -0.468 e. The van der Waals surface area contributed by atoms with E-state index in [9.17, 15) is 4.79 Å². The van der Waals surface area contributed by atoms with Gasteiger partial charge in [0.25, 0.3) is 0 Å². The van der Waals surface area contributed by atoms with Crippen LogP contribution >= 0.6 is 0 Å². The van der Waals surface area contributed by atoms with Crippen LogP contribution in [-0.2, 0) is 16.0 Å². The lowest BCUT2D eigenvalue weighted by Crippen LogP contribution is -2.36. The van der Waals surface area contributed by atoms with Crippen molar-refractivity contribution in [3.63, 3.8) is 0 Å². The van der Waals surface area contributed by atoms with Crippen LogP contribution in [0, 0.1) is 0 Å². The van der Waals surface area contributed by atoms with Gasteiger partial charge in [-0.05, 0) is 37.8 Å². The smallest absolute Gasteiger partial charge is 0.322 e. The van der Waals surface area contributed by atoms with Gasteiger partial charge < -0.3 is 4.74 Å². The van der Waals surface area contributed by atoms with Crippen molar-refractivity contribution >= 4 is 5.97 Å². The Balaban J connectivity index is 2.57. The Hall–Kier alpha value is -1.35. The summed E-state index contributed by atoms with van der Waals surface area (Å²) in [6, 6.07) is 8.45. The molecule has 1 unspecified atom stereocenters.